The Hall–Kier alpha value is -1.46. The molecule has 1 aromatic rings. The average Bonchev–Trinajstić information content (AvgIpc) is 3.48. The summed E-state index contributed by atoms with van der Waals surface area (Å²) in [7, 11) is 0. The minimum absolute atomic E-state index is 0.169. The second-order valence-electron chi connectivity index (χ2n) is 8.25. The summed E-state index contributed by atoms with van der Waals surface area (Å²) in [4.78, 5) is 17.4. The Morgan fingerprint density at radius 1 is 1.04 bits per heavy atom. The molecule has 4 rings (SSSR count). The predicted octanol–water partition coefficient (Wildman–Crippen LogP) is 2.78. The number of hydrogen-bond donors (Lipinski definition) is 1. The first-order valence-electron chi connectivity index (χ1n) is 10.2. The molecule has 5 heteroatoms. The number of piperidine rings is 2. The van der Waals surface area contributed by atoms with Crippen LogP contribution in [0.3, 0.4) is 0 Å². The van der Waals surface area contributed by atoms with Gasteiger partial charge in [-0.1, -0.05) is 12.1 Å². The Labute approximate surface area is 155 Å². The van der Waals surface area contributed by atoms with Gasteiger partial charge in [-0.3, -0.25) is 14.6 Å². The van der Waals surface area contributed by atoms with Crippen molar-refractivity contribution >= 4 is 5.91 Å². The quantitative estimate of drug-likeness (QED) is 0.878. The largest absolute Gasteiger partial charge is 0.353 e. The SMILES string of the molecule is O=C(NC1CC1)[C@H]1CCCN(C2CCN(Cc3ccc(F)cc3)CC2)C1. The fraction of sp³-hybridized carbons (Fsp3) is 0.667. The summed E-state index contributed by atoms with van der Waals surface area (Å²) in [5, 5.41) is 3.18. The Bertz CT molecular complexity index is 608. The Balaban J connectivity index is 1.24. The lowest BCUT2D eigenvalue weighted by molar-refractivity contribution is -0.127. The van der Waals surface area contributed by atoms with Crippen molar-refractivity contribution in [2.45, 2.75) is 57.2 Å². The van der Waals surface area contributed by atoms with Crippen molar-refractivity contribution in [3.63, 3.8) is 0 Å². The van der Waals surface area contributed by atoms with E-state index in [0.29, 0.717) is 12.1 Å². The van der Waals surface area contributed by atoms with Crippen molar-refractivity contribution in [1.29, 1.82) is 0 Å². The number of amides is 1. The Morgan fingerprint density at radius 3 is 2.46 bits per heavy atom. The van der Waals surface area contributed by atoms with Crippen molar-refractivity contribution in [1.82, 2.24) is 15.1 Å². The summed E-state index contributed by atoms with van der Waals surface area (Å²) in [6, 6.07) is 7.93. The molecular formula is C21H30FN3O. The molecule has 1 amide bonds. The summed E-state index contributed by atoms with van der Waals surface area (Å²) in [6.45, 7) is 5.13. The van der Waals surface area contributed by atoms with Gasteiger partial charge in [0.05, 0.1) is 5.92 Å². The molecule has 1 aromatic carbocycles. The van der Waals surface area contributed by atoms with Crippen molar-refractivity contribution < 1.29 is 9.18 Å². The van der Waals surface area contributed by atoms with Crippen LogP contribution in [-0.4, -0.2) is 54.0 Å². The first kappa shape index (κ1) is 17.9. The Kier molecular flexibility index (Phi) is 5.55. The van der Waals surface area contributed by atoms with Gasteiger partial charge in [0.25, 0.3) is 0 Å². The van der Waals surface area contributed by atoms with Gasteiger partial charge in [0.1, 0.15) is 5.82 Å². The predicted molar refractivity (Wildman–Crippen MR) is 100 cm³/mol. The van der Waals surface area contributed by atoms with Crippen molar-refractivity contribution in [2.75, 3.05) is 26.2 Å². The molecule has 0 aromatic heterocycles. The first-order valence-corrected chi connectivity index (χ1v) is 10.2. The molecule has 4 nitrogen and oxygen atoms in total. The van der Waals surface area contributed by atoms with Crippen LogP contribution in [0.15, 0.2) is 24.3 Å². The van der Waals surface area contributed by atoms with Crippen LogP contribution in [-0.2, 0) is 11.3 Å². The molecule has 2 heterocycles. The van der Waals surface area contributed by atoms with Crippen molar-refractivity contribution in [3.05, 3.63) is 35.6 Å². The monoisotopic (exact) mass is 359 g/mol. The summed E-state index contributed by atoms with van der Waals surface area (Å²) in [5.74, 6) is 0.297. The van der Waals surface area contributed by atoms with Crippen LogP contribution in [0.25, 0.3) is 0 Å². The van der Waals surface area contributed by atoms with Gasteiger partial charge in [0, 0.05) is 25.2 Å². The van der Waals surface area contributed by atoms with E-state index in [9.17, 15) is 9.18 Å². The van der Waals surface area contributed by atoms with Gasteiger partial charge in [-0.15, -0.1) is 0 Å². The Morgan fingerprint density at radius 2 is 1.77 bits per heavy atom. The molecule has 1 atom stereocenters. The molecule has 1 N–H and O–H groups in total. The maximum atomic E-state index is 13.0. The topological polar surface area (TPSA) is 35.6 Å². The molecule has 1 saturated carbocycles. The number of benzene rings is 1. The van der Waals surface area contributed by atoms with Crippen molar-refractivity contribution in [2.24, 2.45) is 5.92 Å². The fourth-order valence-electron chi connectivity index (χ4n) is 4.39. The summed E-state index contributed by atoms with van der Waals surface area (Å²) in [6.07, 6.45) is 6.83. The average molecular weight is 359 g/mol. The molecule has 0 spiro atoms. The molecule has 2 saturated heterocycles. The zero-order valence-corrected chi connectivity index (χ0v) is 15.5. The molecule has 26 heavy (non-hydrogen) atoms. The van der Waals surface area contributed by atoms with Crippen LogP contribution in [0.4, 0.5) is 4.39 Å². The number of likely N-dealkylation sites (tertiary alicyclic amines) is 2. The maximum Gasteiger partial charge on any atom is 0.224 e. The summed E-state index contributed by atoms with van der Waals surface area (Å²) >= 11 is 0. The third kappa shape index (κ3) is 4.63. The van der Waals surface area contributed by atoms with Gasteiger partial charge in [-0.2, -0.15) is 0 Å². The molecule has 0 bridgehead atoms. The molecule has 3 aliphatic rings. The molecule has 142 valence electrons. The number of halogens is 1. The second kappa shape index (κ2) is 8.05. The van der Waals surface area contributed by atoms with E-state index in [2.05, 4.69) is 15.1 Å². The third-order valence-electron chi connectivity index (χ3n) is 6.14. The van der Waals surface area contributed by atoms with Gasteiger partial charge in [0.15, 0.2) is 0 Å². The van der Waals surface area contributed by atoms with E-state index < -0.39 is 0 Å². The van der Waals surface area contributed by atoms with Crippen LogP contribution in [0.2, 0.25) is 0 Å². The lowest BCUT2D eigenvalue weighted by Gasteiger charge is -2.42. The van der Waals surface area contributed by atoms with E-state index in [-0.39, 0.29) is 17.6 Å². The molecule has 1 aliphatic carbocycles. The van der Waals surface area contributed by atoms with E-state index in [1.165, 1.54) is 5.56 Å². The van der Waals surface area contributed by atoms with E-state index in [1.807, 2.05) is 12.1 Å². The first-order chi connectivity index (χ1) is 12.7. The highest BCUT2D eigenvalue weighted by atomic mass is 19.1. The minimum atomic E-state index is -0.169. The molecule has 2 aliphatic heterocycles. The van der Waals surface area contributed by atoms with Gasteiger partial charge in [0.2, 0.25) is 5.91 Å². The minimum Gasteiger partial charge on any atom is -0.353 e. The summed E-state index contributed by atoms with van der Waals surface area (Å²) < 4.78 is 13.0. The number of hydrogen-bond acceptors (Lipinski definition) is 3. The van der Waals surface area contributed by atoms with Crippen LogP contribution in [0.5, 0.6) is 0 Å². The second-order valence-corrected chi connectivity index (χ2v) is 8.25. The van der Waals surface area contributed by atoms with E-state index in [4.69, 9.17) is 0 Å². The number of nitrogens with zero attached hydrogens (tertiary/aromatic N) is 2. The van der Waals surface area contributed by atoms with Crippen LogP contribution in [0, 0.1) is 11.7 Å². The van der Waals surface area contributed by atoms with Crippen LogP contribution < -0.4 is 5.32 Å². The highest BCUT2D eigenvalue weighted by molar-refractivity contribution is 5.79. The number of nitrogens with one attached hydrogen (secondary N) is 1. The number of carbonyl (C=O) groups is 1. The highest BCUT2D eigenvalue weighted by Gasteiger charge is 2.33. The highest BCUT2D eigenvalue weighted by Crippen LogP contribution is 2.26. The molecule has 0 radical (unpaired) electrons. The van der Waals surface area contributed by atoms with Crippen LogP contribution in [0.1, 0.15) is 44.1 Å². The van der Waals surface area contributed by atoms with Gasteiger partial charge in [-0.05, 0) is 75.9 Å². The van der Waals surface area contributed by atoms with E-state index in [0.717, 1.165) is 71.2 Å². The molecular weight excluding hydrogens is 329 g/mol. The van der Waals surface area contributed by atoms with E-state index in [1.54, 1.807) is 12.1 Å². The maximum absolute atomic E-state index is 13.0. The number of rotatable bonds is 5. The van der Waals surface area contributed by atoms with E-state index >= 15 is 0 Å². The fourth-order valence-corrected chi connectivity index (χ4v) is 4.39. The zero-order chi connectivity index (χ0) is 17.9. The third-order valence-corrected chi connectivity index (χ3v) is 6.14. The number of carbonyl (C=O) groups excluding carboxylic acids is 1. The van der Waals surface area contributed by atoms with Gasteiger partial charge in [-0.25, -0.2) is 4.39 Å². The smallest absolute Gasteiger partial charge is 0.224 e. The molecule has 0 unspecified atom stereocenters. The van der Waals surface area contributed by atoms with Crippen molar-refractivity contribution in [3.8, 4) is 0 Å². The van der Waals surface area contributed by atoms with Gasteiger partial charge < -0.3 is 5.32 Å². The standard InChI is InChI=1S/C21H30FN3O/c22-18-5-3-16(4-6-18)14-24-12-9-20(10-13-24)25-11-1-2-17(15-25)21(26)23-19-7-8-19/h3-6,17,19-20H,1-2,7-15H2,(H,23,26)/t17-/m0/s1. The lowest BCUT2D eigenvalue weighted by Crippen LogP contribution is -2.50. The van der Waals surface area contributed by atoms with Gasteiger partial charge >= 0.3 is 0 Å². The normalized spacial score (nSPS) is 26.0. The van der Waals surface area contributed by atoms with Crippen LogP contribution >= 0.6 is 0 Å². The lowest BCUT2D eigenvalue weighted by atomic mass is 9.93. The summed E-state index contributed by atoms with van der Waals surface area (Å²) in [5.41, 5.74) is 1.18. The molecule has 3 fully saturated rings. The zero-order valence-electron chi connectivity index (χ0n) is 15.5.